The summed E-state index contributed by atoms with van der Waals surface area (Å²) in [5.74, 6) is -0.474. The molecule has 0 N–H and O–H groups in total. The number of carbonyl (C=O) groups is 2. The highest BCUT2D eigenvalue weighted by atomic mass is 16.1. The largest absolute Gasteiger partial charge is 0.294 e. The Morgan fingerprint density at radius 2 is 1.15 bits per heavy atom. The number of rotatable bonds is 7. The standard InChI is InChI=1S/C24H20O2/c1-18(24(26)21-15-9-4-10-16-21)22(19-11-5-2-6-12-19)17-23(25)20-13-7-3-8-14-20/h2-16,22H,1,17H2/t22-/m1/s1. The van der Waals surface area contributed by atoms with Crippen molar-refractivity contribution in [3.05, 3.63) is 120 Å². The molecule has 3 aromatic rings. The molecule has 0 heterocycles. The fourth-order valence-electron chi connectivity index (χ4n) is 2.99. The summed E-state index contributed by atoms with van der Waals surface area (Å²) >= 11 is 0. The molecule has 3 aromatic carbocycles. The van der Waals surface area contributed by atoms with Crippen molar-refractivity contribution in [2.45, 2.75) is 12.3 Å². The van der Waals surface area contributed by atoms with Gasteiger partial charge >= 0.3 is 0 Å². The van der Waals surface area contributed by atoms with Crippen LogP contribution in [0.2, 0.25) is 0 Å². The van der Waals surface area contributed by atoms with Gasteiger partial charge in [0.2, 0.25) is 0 Å². The quantitative estimate of drug-likeness (QED) is 0.421. The summed E-state index contributed by atoms with van der Waals surface area (Å²) in [6, 6.07) is 27.8. The molecule has 2 heteroatoms. The van der Waals surface area contributed by atoms with Crippen molar-refractivity contribution in [1.29, 1.82) is 0 Å². The number of Topliss-reactive ketones (excluding diaryl/α,β-unsaturated/α-hetero) is 2. The summed E-state index contributed by atoms with van der Waals surface area (Å²) in [4.78, 5) is 25.6. The predicted octanol–water partition coefficient (Wildman–Crippen LogP) is 5.48. The third-order valence-electron chi connectivity index (χ3n) is 4.44. The third-order valence-corrected chi connectivity index (χ3v) is 4.44. The molecular formula is C24H20O2. The first-order valence-electron chi connectivity index (χ1n) is 8.58. The summed E-state index contributed by atoms with van der Waals surface area (Å²) in [5, 5.41) is 0. The van der Waals surface area contributed by atoms with Crippen LogP contribution in [0, 0.1) is 0 Å². The number of carbonyl (C=O) groups excluding carboxylic acids is 2. The Balaban J connectivity index is 1.90. The first kappa shape index (κ1) is 17.6. The highest BCUT2D eigenvalue weighted by Gasteiger charge is 2.24. The minimum absolute atomic E-state index is 0.00136. The number of ketones is 2. The van der Waals surface area contributed by atoms with Gasteiger partial charge < -0.3 is 0 Å². The smallest absolute Gasteiger partial charge is 0.189 e. The zero-order valence-corrected chi connectivity index (χ0v) is 14.5. The molecule has 0 saturated carbocycles. The molecule has 0 radical (unpaired) electrons. The molecule has 0 saturated heterocycles. The Morgan fingerprint density at radius 3 is 1.69 bits per heavy atom. The Kier molecular flexibility index (Phi) is 5.55. The van der Waals surface area contributed by atoms with E-state index in [-0.39, 0.29) is 23.9 Å². The molecule has 0 fully saturated rings. The molecule has 0 unspecified atom stereocenters. The van der Waals surface area contributed by atoms with Crippen LogP contribution >= 0.6 is 0 Å². The van der Waals surface area contributed by atoms with E-state index in [2.05, 4.69) is 6.58 Å². The molecule has 0 aliphatic rings. The van der Waals surface area contributed by atoms with Gasteiger partial charge in [-0.2, -0.15) is 0 Å². The van der Waals surface area contributed by atoms with Gasteiger partial charge in [-0.3, -0.25) is 9.59 Å². The Hall–Kier alpha value is -3.26. The molecule has 0 aliphatic heterocycles. The first-order valence-corrected chi connectivity index (χ1v) is 8.58. The highest BCUT2D eigenvalue weighted by Crippen LogP contribution is 2.30. The second kappa shape index (κ2) is 8.21. The van der Waals surface area contributed by atoms with E-state index in [9.17, 15) is 9.59 Å². The van der Waals surface area contributed by atoms with Crippen molar-refractivity contribution < 1.29 is 9.59 Å². The van der Waals surface area contributed by atoms with E-state index in [1.807, 2.05) is 66.7 Å². The molecule has 0 amide bonds. The van der Waals surface area contributed by atoms with Gasteiger partial charge in [0.05, 0.1) is 0 Å². The number of hydrogen-bond acceptors (Lipinski definition) is 2. The monoisotopic (exact) mass is 340 g/mol. The average Bonchev–Trinajstić information content (AvgIpc) is 2.72. The molecule has 0 bridgehead atoms. The lowest BCUT2D eigenvalue weighted by molar-refractivity contribution is 0.0972. The zero-order chi connectivity index (χ0) is 18.4. The van der Waals surface area contributed by atoms with Crippen LogP contribution in [0.4, 0.5) is 0 Å². The fourth-order valence-corrected chi connectivity index (χ4v) is 2.99. The Bertz CT molecular complexity index is 897. The molecular weight excluding hydrogens is 320 g/mol. The fraction of sp³-hybridized carbons (Fsp3) is 0.0833. The number of benzene rings is 3. The maximum Gasteiger partial charge on any atom is 0.189 e. The van der Waals surface area contributed by atoms with Crippen LogP contribution in [-0.2, 0) is 0 Å². The molecule has 26 heavy (non-hydrogen) atoms. The van der Waals surface area contributed by atoms with Gasteiger partial charge in [-0.1, -0.05) is 97.6 Å². The van der Waals surface area contributed by atoms with Crippen molar-refractivity contribution in [3.63, 3.8) is 0 Å². The second-order valence-electron chi connectivity index (χ2n) is 6.18. The van der Waals surface area contributed by atoms with E-state index in [0.29, 0.717) is 16.7 Å². The lowest BCUT2D eigenvalue weighted by Gasteiger charge is -2.19. The first-order chi connectivity index (χ1) is 12.7. The van der Waals surface area contributed by atoms with Gasteiger partial charge in [0.1, 0.15) is 0 Å². The van der Waals surface area contributed by atoms with Gasteiger partial charge in [0.15, 0.2) is 11.6 Å². The van der Waals surface area contributed by atoms with Crippen molar-refractivity contribution in [3.8, 4) is 0 Å². The maximum atomic E-state index is 12.9. The molecule has 2 nitrogen and oxygen atoms in total. The molecule has 128 valence electrons. The average molecular weight is 340 g/mol. The van der Waals surface area contributed by atoms with Crippen LogP contribution in [0.3, 0.4) is 0 Å². The Labute approximate surface area is 153 Å². The van der Waals surface area contributed by atoms with Gasteiger partial charge in [0.25, 0.3) is 0 Å². The summed E-state index contributed by atoms with van der Waals surface area (Å²) in [5.41, 5.74) is 2.59. The van der Waals surface area contributed by atoms with Crippen LogP contribution in [0.15, 0.2) is 103 Å². The molecule has 0 aromatic heterocycles. The van der Waals surface area contributed by atoms with Crippen molar-refractivity contribution in [2.24, 2.45) is 0 Å². The lowest BCUT2D eigenvalue weighted by atomic mass is 9.83. The minimum atomic E-state index is -0.350. The highest BCUT2D eigenvalue weighted by molar-refractivity contribution is 6.10. The summed E-state index contributed by atoms with van der Waals surface area (Å²) < 4.78 is 0. The van der Waals surface area contributed by atoms with Crippen molar-refractivity contribution in [2.75, 3.05) is 0 Å². The minimum Gasteiger partial charge on any atom is -0.294 e. The van der Waals surface area contributed by atoms with Crippen LogP contribution in [0.1, 0.15) is 38.6 Å². The summed E-state index contributed by atoms with van der Waals surface area (Å²) in [6.45, 7) is 4.05. The van der Waals surface area contributed by atoms with Gasteiger partial charge in [-0.05, 0) is 5.56 Å². The number of allylic oxidation sites excluding steroid dienone is 1. The molecule has 3 rings (SSSR count). The van der Waals surface area contributed by atoms with E-state index in [0.717, 1.165) is 5.56 Å². The number of hydrogen-bond donors (Lipinski definition) is 0. The maximum absolute atomic E-state index is 12.9. The van der Waals surface area contributed by atoms with E-state index >= 15 is 0 Å². The van der Waals surface area contributed by atoms with Crippen LogP contribution in [0.25, 0.3) is 0 Å². The van der Waals surface area contributed by atoms with E-state index in [1.54, 1.807) is 24.3 Å². The van der Waals surface area contributed by atoms with E-state index < -0.39 is 0 Å². The van der Waals surface area contributed by atoms with Gasteiger partial charge in [0, 0.05) is 29.0 Å². The zero-order valence-electron chi connectivity index (χ0n) is 14.5. The predicted molar refractivity (Wildman–Crippen MR) is 104 cm³/mol. The van der Waals surface area contributed by atoms with Crippen LogP contribution in [0.5, 0.6) is 0 Å². The van der Waals surface area contributed by atoms with Crippen LogP contribution in [-0.4, -0.2) is 11.6 Å². The molecule has 1 atom stereocenters. The molecule has 0 spiro atoms. The normalized spacial score (nSPS) is 11.5. The van der Waals surface area contributed by atoms with E-state index in [1.165, 1.54) is 0 Å². The van der Waals surface area contributed by atoms with Crippen LogP contribution < -0.4 is 0 Å². The SMILES string of the molecule is C=C(C(=O)c1ccccc1)[C@@H](CC(=O)c1ccccc1)c1ccccc1. The summed E-state index contributed by atoms with van der Waals surface area (Å²) in [7, 11) is 0. The van der Waals surface area contributed by atoms with Gasteiger partial charge in [-0.25, -0.2) is 0 Å². The van der Waals surface area contributed by atoms with E-state index in [4.69, 9.17) is 0 Å². The summed E-state index contributed by atoms with van der Waals surface area (Å²) in [6.07, 6.45) is 0.214. The topological polar surface area (TPSA) is 34.1 Å². The third kappa shape index (κ3) is 4.04. The lowest BCUT2D eigenvalue weighted by Crippen LogP contribution is -2.15. The Morgan fingerprint density at radius 1 is 0.692 bits per heavy atom. The van der Waals surface area contributed by atoms with Gasteiger partial charge in [-0.15, -0.1) is 0 Å². The van der Waals surface area contributed by atoms with Crippen molar-refractivity contribution in [1.82, 2.24) is 0 Å². The van der Waals surface area contributed by atoms with Crippen molar-refractivity contribution >= 4 is 11.6 Å². The second-order valence-corrected chi connectivity index (χ2v) is 6.18. The molecule has 0 aliphatic carbocycles.